The summed E-state index contributed by atoms with van der Waals surface area (Å²) in [6.07, 6.45) is 3.09. The Morgan fingerprint density at radius 1 is 1.44 bits per heavy atom. The molecule has 1 aromatic rings. The van der Waals surface area contributed by atoms with Gasteiger partial charge in [-0.1, -0.05) is 0 Å². The summed E-state index contributed by atoms with van der Waals surface area (Å²) in [5.41, 5.74) is 5.17. The Balaban J connectivity index is 2.94. The van der Waals surface area contributed by atoms with Gasteiger partial charge in [0.2, 0.25) is 5.91 Å². The third kappa shape index (κ3) is 3.19. The number of hydrogen-bond acceptors (Lipinski definition) is 4. The van der Waals surface area contributed by atoms with Gasteiger partial charge in [-0.3, -0.25) is 14.6 Å². The Morgan fingerprint density at radius 2 is 2.11 bits per heavy atom. The van der Waals surface area contributed by atoms with E-state index < -0.39 is 11.4 Å². The second kappa shape index (κ2) is 5.48. The van der Waals surface area contributed by atoms with Gasteiger partial charge in [-0.25, -0.2) is 0 Å². The largest absolute Gasteiger partial charge is 0.383 e. The molecule has 4 N–H and O–H groups in total. The van der Waals surface area contributed by atoms with E-state index in [-0.39, 0.29) is 5.91 Å². The minimum atomic E-state index is -1.09. The molecule has 0 saturated heterocycles. The molecule has 0 radical (unpaired) electrons. The Hall–Kier alpha value is -2.11. The van der Waals surface area contributed by atoms with Crippen LogP contribution in [-0.2, 0) is 4.79 Å². The number of anilines is 1. The zero-order valence-corrected chi connectivity index (χ0v) is 10.8. The maximum atomic E-state index is 12.1. The fraction of sp³-hybridized carbons (Fsp3) is 0.417. The van der Waals surface area contributed by atoms with Crippen molar-refractivity contribution in [1.82, 2.24) is 10.3 Å². The van der Waals surface area contributed by atoms with Crippen LogP contribution < -0.4 is 16.4 Å². The third-order valence-corrected chi connectivity index (χ3v) is 2.47. The van der Waals surface area contributed by atoms with Crippen LogP contribution in [0, 0.1) is 0 Å². The zero-order chi connectivity index (χ0) is 13.8. The Morgan fingerprint density at radius 3 is 2.67 bits per heavy atom. The molecule has 0 aliphatic heterocycles. The van der Waals surface area contributed by atoms with Gasteiger partial charge < -0.3 is 16.4 Å². The van der Waals surface area contributed by atoms with Crippen LogP contribution in [0.1, 0.15) is 31.1 Å². The number of rotatable bonds is 5. The number of pyridine rings is 1. The molecule has 6 nitrogen and oxygen atoms in total. The van der Waals surface area contributed by atoms with Crippen LogP contribution in [0.2, 0.25) is 0 Å². The van der Waals surface area contributed by atoms with E-state index >= 15 is 0 Å². The molecule has 18 heavy (non-hydrogen) atoms. The summed E-state index contributed by atoms with van der Waals surface area (Å²) in [6, 6.07) is 1.59. The highest BCUT2D eigenvalue weighted by molar-refractivity contribution is 6.02. The summed E-state index contributed by atoms with van der Waals surface area (Å²) < 4.78 is 0. The van der Waals surface area contributed by atoms with Crippen molar-refractivity contribution in [1.29, 1.82) is 0 Å². The third-order valence-electron chi connectivity index (χ3n) is 2.47. The minimum absolute atomic E-state index is 0.364. The molecule has 1 rings (SSSR count). The summed E-state index contributed by atoms with van der Waals surface area (Å²) in [4.78, 5) is 27.2. The fourth-order valence-corrected chi connectivity index (χ4v) is 1.34. The second-order valence-corrected chi connectivity index (χ2v) is 4.39. The van der Waals surface area contributed by atoms with Gasteiger partial charge in [-0.15, -0.1) is 0 Å². The molecule has 6 heteroatoms. The van der Waals surface area contributed by atoms with E-state index in [0.29, 0.717) is 17.8 Å². The highest BCUT2D eigenvalue weighted by atomic mass is 16.2. The topological polar surface area (TPSA) is 97.1 Å². The van der Waals surface area contributed by atoms with Crippen molar-refractivity contribution >= 4 is 17.5 Å². The molecular formula is C12H18N4O2. The number of hydrogen-bond donors (Lipinski definition) is 3. The number of nitrogens with two attached hydrogens (primary N) is 1. The maximum absolute atomic E-state index is 12.1. The van der Waals surface area contributed by atoms with Gasteiger partial charge in [0.25, 0.3) is 5.91 Å². The van der Waals surface area contributed by atoms with E-state index in [2.05, 4.69) is 15.6 Å². The summed E-state index contributed by atoms with van der Waals surface area (Å²) in [5, 5.41) is 5.62. The smallest absolute Gasteiger partial charge is 0.254 e. The number of nitrogens with one attached hydrogen (secondary N) is 2. The van der Waals surface area contributed by atoms with E-state index in [0.717, 1.165) is 0 Å². The van der Waals surface area contributed by atoms with Crippen molar-refractivity contribution < 1.29 is 9.59 Å². The van der Waals surface area contributed by atoms with Gasteiger partial charge in [0.05, 0.1) is 17.4 Å². The molecule has 0 bridgehead atoms. The SMILES string of the molecule is CCNc1cnccc1C(=O)NC(C)(C)C(N)=O. The van der Waals surface area contributed by atoms with Crippen molar-refractivity contribution in [2.24, 2.45) is 5.73 Å². The highest BCUT2D eigenvalue weighted by Gasteiger charge is 2.28. The predicted molar refractivity (Wildman–Crippen MR) is 69.1 cm³/mol. The first-order valence-electron chi connectivity index (χ1n) is 5.68. The Kier molecular flexibility index (Phi) is 4.25. The quantitative estimate of drug-likeness (QED) is 0.709. The van der Waals surface area contributed by atoms with Gasteiger partial charge in [-0.05, 0) is 26.8 Å². The molecule has 0 aliphatic carbocycles. The lowest BCUT2D eigenvalue weighted by molar-refractivity contribution is -0.122. The molecule has 0 atom stereocenters. The number of carbonyl (C=O) groups excluding carboxylic acids is 2. The molecule has 0 unspecified atom stereocenters. The van der Waals surface area contributed by atoms with Crippen molar-refractivity contribution in [3.63, 3.8) is 0 Å². The number of nitrogens with zero attached hydrogens (tertiary/aromatic N) is 1. The van der Waals surface area contributed by atoms with Gasteiger partial charge in [0.1, 0.15) is 5.54 Å². The zero-order valence-electron chi connectivity index (χ0n) is 10.8. The van der Waals surface area contributed by atoms with Crippen LogP contribution >= 0.6 is 0 Å². The molecule has 0 spiro atoms. The van der Waals surface area contributed by atoms with E-state index in [1.807, 2.05) is 6.92 Å². The fourth-order valence-electron chi connectivity index (χ4n) is 1.34. The van der Waals surface area contributed by atoms with Crippen LogP contribution in [0.4, 0.5) is 5.69 Å². The van der Waals surface area contributed by atoms with Crippen LogP contribution in [0.15, 0.2) is 18.5 Å². The van der Waals surface area contributed by atoms with E-state index in [1.165, 1.54) is 6.20 Å². The van der Waals surface area contributed by atoms with Gasteiger partial charge in [0.15, 0.2) is 0 Å². The second-order valence-electron chi connectivity index (χ2n) is 4.39. The van der Waals surface area contributed by atoms with Crippen molar-refractivity contribution in [3.05, 3.63) is 24.0 Å². The predicted octanol–water partition coefficient (Wildman–Crippen LogP) is 0.507. The molecule has 0 aliphatic rings. The highest BCUT2D eigenvalue weighted by Crippen LogP contribution is 2.14. The van der Waals surface area contributed by atoms with E-state index in [1.54, 1.807) is 26.1 Å². The molecule has 0 saturated carbocycles. The van der Waals surface area contributed by atoms with Gasteiger partial charge in [0, 0.05) is 12.7 Å². The molecule has 1 aromatic heterocycles. The lowest BCUT2D eigenvalue weighted by atomic mass is 10.0. The number of primary amides is 1. The molecule has 0 fully saturated rings. The van der Waals surface area contributed by atoms with Crippen LogP contribution in [-0.4, -0.2) is 28.9 Å². The van der Waals surface area contributed by atoms with Crippen molar-refractivity contribution in [3.8, 4) is 0 Å². The van der Waals surface area contributed by atoms with Crippen molar-refractivity contribution in [2.45, 2.75) is 26.3 Å². The Labute approximate surface area is 106 Å². The van der Waals surface area contributed by atoms with E-state index in [4.69, 9.17) is 5.73 Å². The summed E-state index contributed by atoms with van der Waals surface area (Å²) >= 11 is 0. The molecule has 2 amide bonds. The van der Waals surface area contributed by atoms with Gasteiger partial charge in [-0.2, -0.15) is 0 Å². The molecule has 98 valence electrons. The standard InChI is InChI=1S/C12H18N4O2/c1-4-15-9-7-14-6-5-8(9)10(17)16-12(2,3)11(13)18/h5-7,15H,4H2,1-3H3,(H2,13,18)(H,16,17). The normalized spacial score (nSPS) is 10.8. The van der Waals surface area contributed by atoms with Crippen LogP contribution in [0.3, 0.4) is 0 Å². The lowest BCUT2D eigenvalue weighted by Gasteiger charge is -2.22. The summed E-state index contributed by atoms with van der Waals surface area (Å²) in [7, 11) is 0. The van der Waals surface area contributed by atoms with Crippen molar-refractivity contribution in [2.75, 3.05) is 11.9 Å². The maximum Gasteiger partial charge on any atom is 0.254 e. The number of carbonyl (C=O) groups is 2. The molecule has 1 heterocycles. The average molecular weight is 250 g/mol. The average Bonchev–Trinajstić information content (AvgIpc) is 2.29. The van der Waals surface area contributed by atoms with E-state index in [9.17, 15) is 9.59 Å². The summed E-state index contributed by atoms with van der Waals surface area (Å²) in [6.45, 7) is 5.70. The molecular weight excluding hydrogens is 232 g/mol. The first-order chi connectivity index (χ1) is 8.38. The van der Waals surface area contributed by atoms with Crippen LogP contribution in [0.5, 0.6) is 0 Å². The number of amides is 2. The Bertz CT molecular complexity index is 457. The van der Waals surface area contributed by atoms with Crippen LogP contribution in [0.25, 0.3) is 0 Å². The minimum Gasteiger partial charge on any atom is -0.383 e. The lowest BCUT2D eigenvalue weighted by Crippen LogP contribution is -2.53. The first kappa shape index (κ1) is 14.0. The van der Waals surface area contributed by atoms with Gasteiger partial charge >= 0.3 is 0 Å². The summed E-state index contributed by atoms with van der Waals surface area (Å²) in [5.74, 6) is -0.952. The first-order valence-corrected chi connectivity index (χ1v) is 5.68. The number of aromatic nitrogens is 1. The molecule has 0 aromatic carbocycles. The monoisotopic (exact) mass is 250 g/mol.